The van der Waals surface area contributed by atoms with Crippen molar-refractivity contribution >= 4 is 22.8 Å². The number of carboxylic acid groups (broad SMARTS) is 1. The van der Waals surface area contributed by atoms with E-state index in [0.29, 0.717) is 25.2 Å². The summed E-state index contributed by atoms with van der Waals surface area (Å²) in [4.78, 5) is 25.6. The van der Waals surface area contributed by atoms with Gasteiger partial charge in [0.05, 0.1) is 0 Å². The van der Waals surface area contributed by atoms with Gasteiger partial charge in [0, 0.05) is 30.4 Å². The van der Waals surface area contributed by atoms with E-state index in [4.69, 9.17) is 10.8 Å². The van der Waals surface area contributed by atoms with E-state index < -0.39 is 5.97 Å². The lowest BCUT2D eigenvalue weighted by molar-refractivity contribution is -0.137. The van der Waals surface area contributed by atoms with Crippen molar-refractivity contribution < 1.29 is 14.7 Å². The molecule has 0 atom stereocenters. The van der Waals surface area contributed by atoms with Crippen LogP contribution in [0, 0.1) is 0 Å². The number of rotatable bonds is 9. The van der Waals surface area contributed by atoms with Crippen LogP contribution in [-0.4, -0.2) is 28.5 Å². The molecule has 1 aromatic heterocycles. The molecule has 0 aliphatic carbocycles. The van der Waals surface area contributed by atoms with Gasteiger partial charge in [-0.05, 0) is 36.6 Å². The highest BCUT2D eigenvalue weighted by atomic mass is 16.4. The van der Waals surface area contributed by atoms with Gasteiger partial charge >= 0.3 is 5.97 Å². The number of carbonyl (C=O) groups is 2. The Morgan fingerprint density at radius 3 is 2.65 bits per heavy atom. The Hall–Kier alpha value is -2.34. The lowest BCUT2D eigenvalue weighted by Gasteiger charge is -2.03. The molecule has 6 nitrogen and oxygen atoms in total. The molecule has 0 radical (unpaired) electrons. The number of carboxylic acids is 1. The Labute approximate surface area is 135 Å². The lowest BCUT2D eigenvalue weighted by Crippen LogP contribution is -2.24. The predicted octanol–water partition coefficient (Wildman–Crippen LogP) is 2.39. The Bertz CT molecular complexity index is 679. The van der Waals surface area contributed by atoms with E-state index in [-0.39, 0.29) is 12.3 Å². The summed E-state index contributed by atoms with van der Waals surface area (Å²) in [6.45, 7) is 1.07. The fraction of sp³-hybridized carbons (Fsp3) is 0.412. The molecule has 0 spiro atoms. The maximum Gasteiger partial charge on any atom is 0.303 e. The van der Waals surface area contributed by atoms with Crippen molar-refractivity contribution in [2.45, 2.75) is 38.6 Å². The van der Waals surface area contributed by atoms with Crippen molar-refractivity contribution in [1.29, 1.82) is 0 Å². The average Bonchev–Trinajstić information content (AvgIpc) is 2.96. The standard InChI is InChI=1S/C17H23N3O3/c18-11-12-6-7-14-13(9-12)10-15(20-14)17(23)19-8-4-2-1-3-5-16(21)22/h6-7,9-10,20H,1-5,8,11,18H2,(H,19,23)(H,21,22). The Morgan fingerprint density at radius 1 is 1.13 bits per heavy atom. The van der Waals surface area contributed by atoms with E-state index in [1.54, 1.807) is 0 Å². The van der Waals surface area contributed by atoms with Crippen LogP contribution in [0.25, 0.3) is 10.9 Å². The van der Waals surface area contributed by atoms with Crippen LogP contribution in [0.2, 0.25) is 0 Å². The van der Waals surface area contributed by atoms with E-state index in [9.17, 15) is 9.59 Å². The summed E-state index contributed by atoms with van der Waals surface area (Å²) < 4.78 is 0. The summed E-state index contributed by atoms with van der Waals surface area (Å²) in [6.07, 6.45) is 3.54. The van der Waals surface area contributed by atoms with E-state index >= 15 is 0 Å². The molecule has 1 heterocycles. The van der Waals surface area contributed by atoms with Gasteiger partial charge in [0.15, 0.2) is 0 Å². The Kier molecular flexibility index (Phi) is 6.17. The second kappa shape index (κ2) is 8.33. The van der Waals surface area contributed by atoms with Crippen LogP contribution in [0.5, 0.6) is 0 Å². The molecule has 2 rings (SSSR count). The second-order valence-corrected chi connectivity index (χ2v) is 5.62. The molecule has 0 aliphatic rings. The van der Waals surface area contributed by atoms with E-state index in [1.165, 1.54) is 0 Å². The molecule has 0 saturated heterocycles. The van der Waals surface area contributed by atoms with Crippen LogP contribution in [0.15, 0.2) is 24.3 Å². The number of aromatic amines is 1. The van der Waals surface area contributed by atoms with Crippen LogP contribution in [-0.2, 0) is 11.3 Å². The molecule has 0 aliphatic heterocycles. The first-order valence-electron chi connectivity index (χ1n) is 7.92. The zero-order valence-corrected chi connectivity index (χ0v) is 13.1. The number of hydrogen-bond acceptors (Lipinski definition) is 3. The number of aromatic nitrogens is 1. The number of amides is 1. The maximum absolute atomic E-state index is 12.1. The molecular weight excluding hydrogens is 294 g/mol. The number of nitrogens with two attached hydrogens (primary N) is 1. The Morgan fingerprint density at radius 2 is 1.91 bits per heavy atom. The highest BCUT2D eigenvalue weighted by molar-refractivity contribution is 5.98. The number of benzene rings is 1. The highest BCUT2D eigenvalue weighted by Gasteiger charge is 2.09. The fourth-order valence-corrected chi connectivity index (χ4v) is 2.48. The maximum atomic E-state index is 12.1. The quantitative estimate of drug-likeness (QED) is 0.532. The van der Waals surface area contributed by atoms with Gasteiger partial charge in [0.1, 0.15) is 5.69 Å². The van der Waals surface area contributed by atoms with Crippen LogP contribution in [0.4, 0.5) is 0 Å². The number of hydrogen-bond donors (Lipinski definition) is 4. The summed E-state index contributed by atoms with van der Waals surface area (Å²) >= 11 is 0. The van der Waals surface area contributed by atoms with Crippen molar-refractivity contribution in [3.8, 4) is 0 Å². The van der Waals surface area contributed by atoms with Gasteiger partial charge in [-0.2, -0.15) is 0 Å². The van der Waals surface area contributed by atoms with Crippen molar-refractivity contribution in [3.05, 3.63) is 35.5 Å². The highest BCUT2D eigenvalue weighted by Crippen LogP contribution is 2.17. The molecular formula is C17H23N3O3. The molecule has 5 N–H and O–H groups in total. The first-order chi connectivity index (χ1) is 11.1. The third-order valence-corrected chi connectivity index (χ3v) is 3.77. The molecule has 1 amide bonds. The Balaban J connectivity index is 1.76. The van der Waals surface area contributed by atoms with Crippen molar-refractivity contribution in [2.75, 3.05) is 6.54 Å². The van der Waals surface area contributed by atoms with Gasteiger partial charge in [-0.3, -0.25) is 9.59 Å². The van der Waals surface area contributed by atoms with Crippen LogP contribution < -0.4 is 11.1 Å². The summed E-state index contributed by atoms with van der Waals surface area (Å²) in [7, 11) is 0. The van der Waals surface area contributed by atoms with Gasteiger partial charge < -0.3 is 21.1 Å². The molecule has 0 saturated carbocycles. The molecule has 124 valence electrons. The third-order valence-electron chi connectivity index (χ3n) is 3.77. The number of aliphatic carboxylic acids is 1. The minimum absolute atomic E-state index is 0.124. The molecule has 0 fully saturated rings. The average molecular weight is 317 g/mol. The lowest BCUT2D eigenvalue weighted by atomic mass is 10.1. The smallest absolute Gasteiger partial charge is 0.303 e. The molecule has 0 unspecified atom stereocenters. The van der Waals surface area contributed by atoms with E-state index in [1.807, 2.05) is 24.3 Å². The van der Waals surface area contributed by atoms with Crippen molar-refractivity contribution in [2.24, 2.45) is 5.73 Å². The zero-order chi connectivity index (χ0) is 16.7. The monoisotopic (exact) mass is 317 g/mol. The minimum Gasteiger partial charge on any atom is -0.481 e. The summed E-state index contributed by atoms with van der Waals surface area (Å²) in [5.41, 5.74) is 8.11. The van der Waals surface area contributed by atoms with E-state index in [2.05, 4.69) is 10.3 Å². The first-order valence-corrected chi connectivity index (χ1v) is 7.92. The molecule has 1 aromatic carbocycles. The van der Waals surface area contributed by atoms with Gasteiger partial charge in [0.25, 0.3) is 5.91 Å². The number of fused-ring (bicyclic) bond motifs is 1. The van der Waals surface area contributed by atoms with Gasteiger partial charge in [-0.15, -0.1) is 0 Å². The first kappa shape index (κ1) is 17.0. The number of nitrogens with one attached hydrogen (secondary N) is 2. The van der Waals surface area contributed by atoms with Crippen LogP contribution in [0.3, 0.4) is 0 Å². The van der Waals surface area contributed by atoms with Gasteiger partial charge in [-0.1, -0.05) is 18.9 Å². The summed E-state index contributed by atoms with van der Waals surface area (Å²) in [5, 5.41) is 12.4. The normalized spacial score (nSPS) is 10.8. The number of carbonyl (C=O) groups excluding carboxylic acids is 1. The van der Waals surface area contributed by atoms with E-state index in [0.717, 1.165) is 35.7 Å². The number of H-pyrrole nitrogens is 1. The van der Waals surface area contributed by atoms with Crippen molar-refractivity contribution in [3.63, 3.8) is 0 Å². The predicted molar refractivity (Wildman–Crippen MR) is 89.2 cm³/mol. The second-order valence-electron chi connectivity index (χ2n) is 5.62. The third kappa shape index (κ3) is 5.10. The summed E-state index contributed by atoms with van der Waals surface area (Å²) in [5.74, 6) is -0.879. The topological polar surface area (TPSA) is 108 Å². The number of unbranched alkanes of at least 4 members (excludes halogenated alkanes) is 3. The SMILES string of the molecule is NCc1ccc2[nH]c(C(=O)NCCCCCCC(=O)O)cc2c1. The van der Waals surface area contributed by atoms with Crippen LogP contribution in [0.1, 0.15) is 48.2 Å². The fourth-order valence-electron chi connectivity index (χ4n) is 2.48. The molecule has 23 heavy (non-hydrogen) atoms. The molecule has 2 aromatic rings. The van der Waals surface area contributed by atoms with Crippen molar-refractivity contribution in [1.82, 2.24) is 10.3 Å². The zero-order valence-electron chi connectivity index (χ0n) is 13.1. The molecule has 0 bridgehead atoms. The van der Waals surface area contributed by atoms with Gasteiger partial charge in [0.2, 0.25) is 0 Å². The van der Waals surface area contributed by atoms with Gasteiger partial charge in [-0.25, -0.2) is 0 Å². The summed E-state index contributed by atoms with van der Waals surface area (Å²) in [6, 6.07) is 7.68. The molecule has 6 heteroatoms. The van der Waals surface area contributed by atoms with Crippen LogP contribution >= 0.6 is 0 Å². The minimum atomic E-state index is -0.755. The largest absolute Gasteiger partial charge is 0.481 e.